The normalized spacial score (nSPS) is 15.9. The van der Waals surface area contributed by atoms with Crippen LogP contribution in [0.4, 0.5) is 0 Å². The highest BCUT2D eigenvalue weighted by Crippen LogP contribution is 2.35. The van der Waals surface area contributed by atoms with E-state index in [4.69, 9.17) is 11.6 Å². The molecule has 0 aromatic heterocycles. The van der Waals surface area contributed by atoms with Gasteiger partial charge in [-0.05, 0) is 32.1 Å². The van der Waals surface area contributed by atoms with E-state index in [-0.39, 0.29) is 4.32 Å². The first-order valence-electron chi connectivity index (χ1n) is 9.29. The summed E-state index contributed by atoms with van der Waals surface area (Å²) in [5.41, 5.74) is 0. The van der Waals surface area contributed by atoms with Crippen LogP contribution in [0.25, 0.3) is 0 Å². The van der Waals surface area contributed by atoms with Crippen LogP contribution in [0, 0.1) is 5.92 Å². The molecular weight excluding hydrogens is 344 g/mol. The average Bonchev–Trinajstić information content (AvgIpc) is 2.46. The fraction of sp³-hybridized carbons (Fsp3) is 1.00. The second-order valence-corrected chi connectivity index (χ2v) is 9.13. The van der Waals surface area contributed by atoms with Gasteiger partial charge in [0.2, 0.25) is 0 Å². The van der Waals surface area contributed by atoms with E-state index in [2.05, 4.69) is 36.7 Å². The molecule has 128 valence electrons. The second kappa shape index (κ2) is 14.4. The van der Waals surface area contributed by atoms with Gasteiger partial charge in [0.15, 0.2) is 0 Å². The van der Waals surface area contributed by atoms with E-state index in [1.807, 2.05) is 0 Å². The molecule has 0 saturated carbocycles. The number of unbranched alkanes of at least 4 members (excludes halogenated alkanes) is 9. The lowest BCUT2D eigenvalue weighted by atomic mass is 9.87. The number of alkyl halides is 2. The Morgan fingerprint density at radius 1 is 0.857 bits per heavy atom. The minimum atomic E-state index is 0.279. The summed E-state index contributed by atoms with van der Waals surface area (Å²) in [7, 11) is 0. The third-order valence-electron chi connectivity index (χ3n) is 4.82. The molecule has 0 aliphatic rings. The Labute approximate surface area is 147 Å². The van der Waals surface area contributed by atoms with Crippen molar-refractivity contribution in [1.82, 2.24) is 0 Å². The van der Waals surface area contributed by atoms with Gasteiger partial charge in [0.1, 0.15) is 0 Å². The molecule has 0 aliphatic heterocycles. The highest BCUT2D eigenvalue weighted by molar-refractivity contribution is 9.10. The number of rotatable bonds is 15. The SMILES string of the molecule is CCCCCCCCCCCCC(C)C(C)(Br)CCCCl. The highest BCUT2D eigenvalue weighted by atomic mass is 79.9. The van der Waals surface area contributed by atoms with Crippen LogP contribution in [0.15, 0.2) is 0 Å². The van der Waals surface area contributed by atoms with Gasteiger partial charge in [-0.1, -0.05) is 94.0 Å². The molecule has 0 bridgehead atoms. The third-order valence-corrected chi connectivity index (χ3v) is 6.26. The van der Waals surface area contributed by atoms with E-state index in [1.54, 1.807) is 0 Å². The van der Waals surface area contributed by atoms with E-state index in [0.29, 0.717) is 0 Å². The van der Waals surface area contributed by atoms with Crippen molar-refractivity contribution in [3.63, 3.8) is 0 Å². The minimum Gasteiger partial charge on any atom is -0.127 e. The van der Waals surface area contributed by atoms with E-state index in [0.717, 1.165) is 18.2 Å². The van der Waals surface area contributed by atoms with E-state index < -0.39 is 0 Å². The van der Waals surface area contributed by atoms with Gasteiger partial charge in [0, 0.05) is 10.2 Å². The van der Waals surface area contributed by atoms with Crippen molar-refractivity contribution in [3.8, 4) is 0 Å². The Morgan fingerprint density at radius 3 is 1.81 bits per heavy atom. The summed E-state index contributed by atoms with van der Waals surface area (Å²) in [5.74, 6) is 1.53. The Morgan fingerprint density at radius 2 is 1.33 bits per heavy atom. The lowest BCUT2D eigenvalue weighted by Gasteiger charge is -2.29. The van der Waals surface area contributed by atoms with Crippen molar-refractivity contribution < 1.29 is 0 Å². The summed E-state index contributed by atoms with van der Waals surface area (Å²) in [6.45, 7) is 7.01. The van der Waals surface area contributed by atoms with Crippen molar-refractivity contribution in [2.24, 2.45) is 5.92 Å². The van der Waals surface area contributed by atoms with Gasteiger partial charge in [0.05, 0.1) is 0 Å². The first kappa shape index (κ1) is 21.8. The fourth-order valence-electron chi connectivity index (χ4n) is 2.90. The van der Waals surface area contributed by atoms with Crippen molar-refractivity contribution in [1.29, 1.82) is 0 Å². The molecule has 0 fully saturated rings. The van der Waals surface area contributed by atoms with Crippen LogP contribution in [0.2, 0.25) is 0 Å². The first-order chi connectivity index (χ1) is 10.0. The Bertz CT molecular complexity index is 216. The van der Waals surface area contributed by atoms with Gasteiger partial charge in [-0.15, -0.1) is 11.6 Å². The summed E-state index contributed by atoms with van der Waals surface area (Å²) >= 11 is 9.72. The molecule has 0 aromatic carbocycles. The molecule has 0 aliphatic carbocycles. The van der Waals surface area contributed by atoms with Crippen LogP contribution in [-0.4, -0.2) is 10.2 Å². The summed E-state index contributed by atoms with van der Waals surface area (Å²) in [6.07, 6.45) is 17.9. The maximum Gasteiger partial charge on any atom is 0.0255 e. The van der Waals surface area contributed by atoms with Gasteiger partial charge in [0.25, 0.3) is 0 Å². The summed E-state index contributed by atoms with van der Waals surface area (Å²) < 4.78 is 0.279. The van der Waals surface area contributed by atoms with Crippen molar-refractivity contribution in [2.75, 3.05) is 5.88 Å². The molecular formula is C19H38BrCl. The van der Waals surface area contributed by atoms with Gasteiger partial charge in [-0.25, -0.2) is 0 Å². The Hall–Kier alpha value is 0.770. The van der Waals surface area contributed by atoms with Crippen molar-refractivity contribution in [3.05, 3.63) is 0 Å². The van der Waals surface area contributed by atoms with E-state index >= 15 is 0 Å². The monoisotopic (exact) mass is 380 g/mol. The molecule has 2 unspecified atom stereocenters. The lowest BCUT2D eigenvalue weighted by Crippen LogP contribution is -2.25. The smallest absolute Gasteiger partial charge is 0.0255 e. The molecule has 0 radical (unpaired) electrons. The molecule has 0 spiro atoms. The molecule has 2 heteroatoms. The average molecular weight is 382 g/mol. The Balaban J connectivity index is 3.41. The van der Waals surface area contributed by atoms with Crippen molar-refractivity contribution >= 4 is 27.5 Å². The van der Waals surface area contributed by atoms with Crippen LogP contribution in [-0.2, 0) is 0 Å². The second-order valence-electron chi connectivity index (χ2n) is 6.94. The number of halogens is 2. The maximum absolute atomic E-state index is 5.81. The highest BCUT2D eigenvalue weighted by Gasteiger charge is 2.26. The van der Waals surface area contributed by atoms with E-state index in [1.165, 1.54) is 77.0 Å². The predicted octanol–water partition coefficient (Wildman–Crippen LogP) is 8.11. The number of hydrogen-bond acceptors (Lipinski definition) is 0. The van der Waals surface area contributed by atoms with Crippen LogP contribution in [0.1, 0.15) is 104 Å². The molecule has 0 amide bonds. The molecule has 0 rings (SSSR count). The zero-order chi connectivity index (χ0) is 16.0. The van der Waals surface area contributed by atoms with Gasteiger partial charge in [-0.2, -0.15) is 0 Å². The topological polar surface area (TPSA) is 0 Å². The van der Waals surface area contributed by atoms with Crippen LogP contribution >= 0.6 is 27.5 Å². The summed E-state index contributed by atoms with van der Waals surface area (Å²) in [6, 6.07) is 0. The summed E-state index contributed by atoms with van der Waals surface area (Å²) in [5, 5.41) is 0. The molecule has 0 N–H and O–H groups in total. The molecule has 0 aromatic rings. The zero-order valence-electron chi connectivity index (χ0n) is 14.7. The minimum absolute atomic E-state index is 0.279. The molecule has 21 heavy (non-hydrogen) atoms. The summed E-state index contributed by atoms with van der Waals surface area (Å²) in [4.78, 5) is 0. The molecule has 0 nitrogen and oxygen atoms in total. The van der Waals surface area contributed by atoms with E-state index in [9.17, 15) is 0 Å². The number of hydrogen-bond donors (Lipinski definition) is 0. The van der Waals surface area contributed by atoms with Gasteiger partial charge >= 0.3 is 0 Å². The Kier molecular flexibility index (Phi) is 14.9. The standard InChI is InChI=1S/C19H38BrCl/c1-4-5-6-7-8-9-10-11-12-13-15-18(2)19(3,20)16-14-17-21/h18H,4-17H2,1-3H3. The quantitative estimate of drug-likeness (QED) is 0.198. The van der Waals surface area contributed by atoms with Crippen LogP contribution < -0.4 is 0 Å². The maximum atomic E-state index is 5.81. The van der Waals surface area contributed by atoms with Crippen LogP contribution in [0.3, 0.4) is 0 Å². The molecule has 0 heterocycles. The van der Waals surface area contributed by atoms with Gasteiger partial charge in [-0.3, -0.25) is 0 Å². The largest absolute Gasteiger partial charge is 0.127 e. The van der Waals surface area contributed by atoms with Crippen LogP contribution in [0.5, 0.6) is 0 Å². The predicted molar refractivity (Wildman–Crippen MR) is 103 cm³/mol. The first-order valence-corrected chi connectivity index (χ1v) is 10.6. The third kappa shape index (κ3) is 13.0. The molecule has 0 saturated heterocycles. The molecule has 2 atom stereocenters. The van der Waals surface area contributed by atoms with Gasteiger partial charge < -0.3 is 0 Å². The van der Waals surface area contributed by atoms with Crippen molar-refractivity contribution in [2.45, 2.75) is 109 Å². The fourth-order valence-corrected chi connectivity index (χ4v) is 3.54. The lowest BCUT2D eigenvalue weighted by molar-refractivity contribution is 0.374. The zero-order valence-corrected chi connectivity index (χ0v) is 17.1.